The van der Waals surface area contributed by atoms with Crippen LogP contribution in [0.1, 0.15) is 90.4 Å². The molecule has 0 bridgehead atoms. The molecule has 2 heterocycles. The molecule has 9 aromatic carbocycles. The van der Waals surface area contributed by atoms with Gasteiger partial charge in [0.05, 0.1) is 74.7 Å². The normalized spacial score (nSPS) is 13.2. The first kappa shape index (κ1) is 87.0. The van der Waals surface area contributed by atoms with Gasteiger partial charge in [-0.2, -0.15) is 26.3 Å². The van der Waals surface area contributed by atoms with Crippen molar-refractivity contribution in [1.29, 1.82) is 0 Å². The number of imide groups is 2. The van der Waals surface area contributed by atoms with Crippen LogP contribution < -0.4 is 29.6 Å². The lowest BCUT2D eigenvalue weighted by Gasteiger charge is -2.36. The number of rotatable bonds is 38. The molecule has 0 radical (unpaired) electrons. The molecule has 2 N–H and O–H groups in total. The van der Waals surface area contributed by atoms with Crippen molar-refractivity contribution < 1.29 is 122 Å². The number of hydrogen-bond donors (Lipinski definition) is 2. The standard InChI is InChI=1S/C84H70Cl4F6N4O20/c1-7-109-35-29-95-73(99)59(41-83(89,90)91)97-75(101)55-37-61(115-51-17-9-47(10-18-51)25-31-111-79(105)43(3)85)67-69-63(117-53-21-13-49(14-22-53)27-33-113-81(107)45(5)87)39-57-66-58(78(104)98(77(57)103)60(42-84(92,93)94)74(100)96-30-36-110-8-2)40-64(118-54-23-15-50(16-24-54)28-34-114-82(108)46(6)88)70(72(66)69)68-62(38-56(76(97)102)65(55)71(67)68)116-52-19-11-48(12-20-52)26-32-112-80(106)44(4)86/h9-24,37-40,59-60H,3-8,25-36,41-42H2,1-2H3,(H,95,99)(H,96,100). The number of carbonyl (C=O) groups is 10. The van der Waals surface area contributed by atoms with Crippen LogP contribution in [0.5, 0.6) is 46.0 Å². The molecule has 2 aliphatic rings. The average Bonchev–Trinajstić information content (AvgIpc) is 0.677. The highest BCUT2D eigenvalue weighted by Gasteiger charge is 2.50. The number of amides is 6. The van der Waals surface area contributed by atoms with Crippen molar-refractivity contribution in [2.24, 2.45) is 0 Å². The van der Waals surface area contributed by atoms with Crippen LogP contribution in [0.3, 0.4) is 0 Å². The predicted octanol–water partition coefficient (Wildman–Crippen LogP) is 16.4. The van der Waals surface area contributed by atoms with E-state index in [4.69, 9.17) is 93.8 Å². The summed E-state index contributed by atoms with van der Waals surface area (Å²) in [6.07, 6.45) is -14.4. The summed E-state index contributed by atoms with van der Waals surface area (Å²) >= 11 is 23.1. The highest BCUT2D eigenvalue weighted by Crippen LogP contribution is 2.58. The average molecular weight is 1710 g/mol. The number of fused-ring (bicyclic) bond motifs is 2. The molecule has 2 unspecified atom stereocenters. The summed E-state index contributed by atoms with van der Waals surface area (Å²) in [7, 11) is 0. The van der Waals surface area contributed by atoms with Crippen LogP contribution in [0.15, 0.2) is 168 Å². The van der Waals surface area contributed by atoms with Gasteiger partial charge < -0.3 is 58.0 Å². The number of nitrogens with zero attached hydrogens (tertiary/aromatic N) is 2. The molecule has 2 aliphatic heterocycles. The second-order valence-electron chi connectivity index (χ2n) is 26.4. The minimum atomic E-state index is -5.26. The Kier molecular flexibility index (Phi) is 27.8. The number of alkyl halides is 6. The Labute approximate surface area is 688 Å². The smallest absolute Gasteiger partial charge is 0.391 e. The van der Waals surface area contributed by atoms with Gasteiger partial charge in [-0.1, -0.05) is 121 Å². The minimum absolute atomic E-state index is 0.0758. The third-order valence-electron chi connectivity index (χ3n) is 18.5. The maximum absolute atomic E-state index is 16.1. The maximum Gasteiger partial charge on any atom is 0.391 e. The topological polar surface area (TPSA) is 294 Å². The molecule has 2 atom stereocenters. The fourth-order valence-corrected chi connectivity index (χ4v) is 13.5. The number of nitrogens with one attached hydrogen (secondary N) is 2. The molecule has 0 aliphatic carbocycles. The lowest BCUT2D eigenvalue weighted by molar-refractivity contribution is -0.153. The van der Waals surface area contributed by atoms with Gasteiger partial charge in [0.2, 0.25) is 11.8 Å². The van der Waals surface area contributed by atoms with Crippen molar-refractivity contribution in [1.82, 2.24) is 20.4 Å². The van der Waals surface area contributed by atoms with Crippen LogP contribution in [0.4, 0.5) is 26.3 Å². The molecular weight excluding hydrogens is 1640 g/mol. The lowest BCUT2D eigenvalue weighted by Crippen LogP contribution is -2.55. The highest BCUT2D eigenvalue weighted by molar-refractivity contribution is 6.46. The molecule has 11 rings (SSSR count). The number of halogens is 10. The third-order valence-corrected chi connectivity index (χ3v) is 19.1. The second-order valence-corrected chi connectivity index (χ2v) is 28.3. The summed E-state index contributed by atoms with van der Waals surface area (Å²) in [4.78, 5) is 143. The quantitative estimate of drug-likeness (QED) is 0.00531. The number of hydrogen-bond acceptors (Lipinski definition) is 20. The van der Waals surface area contributed by atoms with Gasteiger partial charge in [0, 0.05) is 95.1 Å². The second kappa shape index (κ2) is 37.6. The zero-order valence-corrected chi connectivity index (χ0v) is 65.7. The van der Waals surface area contributed by atoms with Gasteiger partial charge >= 0.3 is 36.2 Å². The maximum atomic E-state index is 16.1. The number of carbonyl (C=O) groups excluding carboxylic acids is 10. The molecule has 616 valence electrons. The Morgan fingerprint density at radius 2 is 0.593 bits per heavy atom. The van der Waals surface area contributed by atoms with E-state index in [0.717, 1.165) is 24.3 Å². The van der Waals surface area contributed by atoms with Crippen LogP contribution >= 0.6 is 46.4 Å². The van der Waals surface area contributed by atoms with Gasteiger partial charge in [0.1, 0.15) is 78.2 Å². The van der Waals surface area contributed by atoms with Crippen LogP contribution in [-0.4, -0.2) is 160 Å². The van der Waals surface area contributed by atoms with Crippen molar-refractivity contribution in [3.05, 3.63) is 212 Å². The fourth-order valence-electron chi connectivity index (χ4n) is 13.3. The third kappa shape index (κ3) is 20.2. The van der Waals surface area contributed by atoms with Crippen molar-refractivity contribution >= 4 is 149 Å². The Balaban J connectivity index is 1.29. The Morgan fingerprint density at radius 1 is 0.364 bits per heavy atom. The van der Waals surface area contributed by atoms with Gasteiger partial charge in [0.25, 0.3) is 23.6 Å². The highest BCUT2D eigenvalue weighted by atomic mass is 35.5. The fraction of sp³-hybridized carbons (Fsp3) is 0.262. The number of ether oxygens (including phenoxy) is 10. The molecule has 0 aromatic heterocycles. The van der Waals surface area contributed by atoms with Crippen molar-refractivity contribution in [2.45, 2.75) is 76.8 Å². The molecule has 9 aromatic rings. The molecule has 0 spiro atoms. The Morgan fingerprint density at radius 3 is 0.797 bits per heavy atom. The molecular formula is C84H70Cl4F6N4O20. The predicted molar refractivity (Wildman–Crippen MR) is 421 cm³/mol. The van der Waals surface area contributed by atoms with E-state index in [1.54, 1.807) is 62.4 Å². The summed E-state index contributed by atoms with van der Waals surface area (Å²) < 4.78 is 151. The molecule has 6 amide bonds. The summed E-state index contributed by atoms with van der Waals surface area (Å²) in [5.74, 6) is -14.4. The first-order chi connectivity index (χ1) is 56.1. The SMILES string of the molecule is C=C(Cl)C(=O)OCCc1ccc(Oc2cc3c4c(cc(Oc5ccc(CCOC(=O)C(=C)Cl)cc5)c5c6c(Oc7ccc(CCOC(=O)C(=C)Cl)cc7)cc7c8c(cc(Oc9ccc(CCOC(=O)C(=C)Cl)cc9)c(c2c45)c86)C(=O)N(C(CC(F)(F)F)C(=O)NCCOCC)C7=O)C(=O)N(C(CC(F)(F)F)C(=O)NCCOCC)C3=O)cc1. The summed E-state index contributed by atoms with van der Waals surface area (Å²) in [6.45, 7) is 15.1. The minimum Gasteiger partial charge on any atom is -0.461 e. The molecule has 0 saturated heterocycles. The lowest BCUT2D eigenvalue weighted by atomic mass is 9.80. The molecule has 24 nitrogen and oxygen atoms in total. The van der Waals surface area contributed by atoms with Crippen LogP contribution in [0, 0.1) is 0 Å². The molecule has 0 fully saturated rings. The zero-order valence-electron chi connectivity index (χ0n) is 62.7. The summed E-state index contributed by atoms with van der Waals surface area (Å²) in [5.41, 5.74) is -0.236. The van der Waals surface area contributed by atoms with Crippen molar-refractivity contribution in [3.63, 3.8) is 0 Å². The van der Waals surface area contributed by atoms with Crippen molar-refractivity contribution in [3.8, 4) is 46.0 Å². The van der Waals surface area contributed by atoms with E-state index >= 15 is 45.5 Å². The van der Waals surface area contributed by atoms with Crippen LogP contribution in [-0.2, 0) is 82.9 Å². The first-order valence-electron chi connectivity index (χ1n) is 36.2. The Hall–Kier alpha value is -11.8. The van der Waals surface area contributed by atoms with Crippen LogP contribution in [0.2, 0.25) is 0 Å². The van der Waals surface area contributed by atoms with Gasteiger partial charge in [-0.15, -0.1) is 0 Å². The van der Waals surface area contributed by atoms with E-state index in [2.05, 4.69) is 36.9 Å². The summed E-state index contributed by atoms with van der Waals surface area (Å²) in [5, 5.41) is 1.07. The molecule has 118 heavy (non-hydrogen) atoms. The van der Waals surface area contributed by atoms with E-state index in [1.807, 2.05) is 0 Å². The van der Waals surface area contributed by atoms with E-state index in [-0.39, 0.29) is 168 Å². The van der Waals surface area contributed by atoms with Gasteiger partial charge in [-0.25, -0.2) is 19.2 Å². The first-order valence-corrected chi connectivity index (χ1v) is 37.8. The van der Waals surface area contributed by atoms with Crippen molar-refractivity contribution in [2.75, 3.05) is 65.9 Å². The summed E-state index contributed by atoms with van der Waals surface area (Å²) in [6, 6.07) is 22.9. The van der Waals surface area contributed by atoms with Crippen LogP contribution in [0.25, 0.3) is 43.1 Å². The number of benzene rings is 9. The zero-order chi connectivity index (χ0) is 85.2. The van der Waals surface area contributed by atoms with Gasteiger partial charge in [0.15, 0.2) is 0 Å². The van der Waals surface area contributed by atoms with E-state index < -0.39 is 162 Å². The van der Waals surface area contributed by atoms with Gasteiger partial charge in [-0.05, 0) is 109 Å². The monoisotopic (exact) mass is 1710 g/mol. The number of esters is 4. The largest absolute Gasteiger partial charge is 0.461 e. The van der Waals surface area contributed by atoms with E-state index in [9.17, 15) is 28.8 Å². The van der Waals surface area contributed by atoms with Gasteiger partial charge in [-0.3, -0.25) is 38.6 Å². The molecule has 0 saturated carbocycles. The molecule has 34 heteroatoms. The Bertz CT molecular complexity index is 4890. The van der Waals surface area contributed by atoms with E-state index in [0.29, 0.717) is 22.3 Å². The van der Waals surface area contributed by atoms with E-state index in [1.165, 1.54) is 48.5 Å².